The Balaban J connectivity index is 2.63. The summed E-state index contributed by atoms with van der Waals surface area (Å²) in [4.78, 5) is 12.2. The van der Waals surface area contributed by atoms with Crippen molar-refractivity contribution < 1.29 is 19.0 Å². The third kappa shape index (κ3) is 3.10. The molecule has 1 unspecified atom stereocenters. The summed E-state index contributed by atoms with van der Waals surface area (Å²) in [5.74, 6) is -0.649. The largest absolute Gasteiger partial charge is 0.497 e. The first-order valence-electron chi connectivity index (χ1n) is 6.66. The van der Waals surface area contributed by atoms with Crippen LogP contribution in [0, 0.1) is 11.3 Å². The molecule has 120 valence electrons. The number of nitrogens with two attached hydrogens (primary N) is 1. The Morgan fingerprint density at radius 1 is 1.39 bits per heavy atom. The van der Waals surface area contributed by atoms with Crippen LogP contribution in [-0.4, -0.2) is 26.1 Å². The second-order valence-electron chi connectivity index (χ2n) is 4.66. The molecule has 0 aromatic heterocycles. The van der Waals surface area contributed by atoms with Crippen LogP contribution in [0.1, 0.15) is 11.5 Å². The number of ether oxygens (including phenoxy) is 3. The highest BCUT2D eigenvalue weighted by Gasteiger charge is 2.37. The lowest BCUT2D eigenvalue weighted by molar-refractivity contribution is -0.136. The molecule has 0 saturated carbocycles. The maximum absolute atomic E-state index is 12.2. The van der Waals surface area contributed by atoms with Crippen LogP contribution in [0.3, 0.4) is 0 Å². The van der Waals surface area contributed by atoms with Crippen molar-refractivity contribution >= 4 is 17.6 Å². The van der Waals surface area contributed by atoms with Crippen LogP contribution in [0.25, 0.3) is 0 Å². The Hall–Kier alpha value is -2.65. The number of benzene rings is 1. The highest BCUT2D eigenvalue weighted by molar-refractivity contribution is 6.19. The van der Waals surface area contributed by atoms with Gasteiger partial charge >= 0.3 is 5.97 Å². The maximum atomic E-state index is 12.2. The van der Waals surface area contributed by atoms with Crippen LogP contribution in [0.5, 0.6) is 5.75 Å². The van der Waals surface area contributed by atoms with Gasteiger partial charge in [0, 0.05) is 0 Å². The fraction of sp³-hybridized carbons (Fsp3) is 0.250. The number of methoxy groups -OCH3 is 2. The lowest BCUT2D eigenvalue weighted by Crippen LogP contribution is -2.26. The van der Waals surface area contributed by atoms with Crippen molar-refractivity contribution in [3.05, 3.63) is 52.6 Å². The highest BCUT2D eigenvalue weighted by atomic mass is 35.5. The van der Waals surface area contributed by atoms with Crippen molar-refractivity contribution in [2.75, 3.05) is 20.1 Å². The first-order valence-corrected chi connectivity index (χ1v) is 7.19. The van der Waals surface area contributed by atoms with E-state index < -0.39 is 11.9 Å². The number of nitriles is 1. The predicted octanol–water partition coefficient (Wildman–Crippen LogP) is 2.17. The number of hydrogen-bond acceptors (Lipinski definition) is 6. The molecule has 0 fully saturated rings. The van der Waals surface area contributed by atoms with Crippen LogP contribution in [0.4, 0.5) is 0 Å². The number of hydrogen-bond donors (Lipinski definition) is 1. The van der Waals surface area contributed by atoms with Crippen LogP contribution in [-0.2, 0) is 14.3 Å². The monoisotopic (exact) mass is 334 g/mol. The molecule has 7 heteroatoms. The molecule has 6 nitrogen and oxygen atoms in total. The molecule has 0 aliphatic carbocycles. The number of carbonyl (C=O) groups excluding carboxylic acids is 1. The van der Waals surface area contributed by atoms with E-state index in [1.54, 1.807) is 31.4 Å². The molecular weight excluding hydrogens is 320 g/mol. The summed E-state index contributed by atoms with van der Waals surface area (Å²) in [5, 5.41) is 9.42. The van der Waals surface area contributed by atoms with Crippen molar-refractivity contribution in [2.24, 2.45) is 5.73 Å². The minimum atomic E-state index is -0.708. The van der Waals surface area contributed by atoms with Crippen LogP contribution >= 0.6 is 11.6 Å². The van der Waals surface area contributed by atoms with Gasteiger partial charge in [-0.25, -0.2) is 4.79 Å². The molecule has 1 atom stereocenters. The first kappa shape index (κ1) is 16.7. The van der Waals surface area contributed by atoms with E-state index in [4.69, 9.17) is 31.5 Å². The van der Waals surface area contributed by atoms with Gasteiger partial charge in [-0.15, -0.1) is 11.6 Å². The second-order valence-corrected chi connectivity index (χ2v) is 4.93. The van der Waals surface area contributed by atoms with Crippen LogP contribution in [0.15, 0.2) is 47.1 Å². The van der Waals surface area contributed by atoms with Gasteiger partial charge in [-0.2, -0.15) is 5.26 Å². The third-order valence-electron chi connectivity index (χ3n) is 3.47. The van der Waals surface area contributed by atoms with Gasteiger partial charge in [0.15, 0.2) is 0 Å². The fourth-order valence-corrected chi connectivity index (χ4v) is 2.58. The zero-order valence-corrected chi connectivity index (χ0v) is 13.4. The molecule has 23 heavy (non-hydrogen) atoms. The Morgan fingerprint density at radius 2 is 2.04 bits per heavy atom. The molecule has 0 radical (unpaired) electrons. The second kappa shape index (κ2) is 7.07. The Bertz CT molecular complexity index is 717. The SMILES string of the molecule is COC(=O)C1=C(CCl)OC(N)=C(C#N)C1c1ccc(OC)cc1. The zero-order chi connectivity index (χ0) is 17.0. The Kier molecular flexibility index (Phi) is 5.14. The summed E-state index contributed by atoms with van der Waals surface area (Å²) in [5.41, 5.74) is 6.78. The lowest BCUT2D eigenvalue weighted by atomic mass is 9.83. The molecule has 0 amide bonds. The van der Waals surface area contributed by atoms with E-state index in [0.29, 0.717) is 11.3 Å². The number of carbonyl (C=O) groups is 1. The molecule has 0 bridgehead atoms. The van der Waals surface area contributed by atoms with Crippen molar-refractivity contribution in [2.45, 2.75) is 5.92 Å². The number of alkyl halides is 1. The molecule has 1 aromatic rings. The molecular formula is C16H15ClN2O4. The van der Waals surface area contributed by atoms with E-state index in [1.165, 1.54) is 7.11 Å². The lowest BCUT2D eigenvalue weighted by Gasteiger charge is -2.27. The number of nitrogens with zero attached hydrogens (tertiary/aromatic N) is 1. The predicted molar refractivity (Wildman–Crippen MR) is 83.4 cm³/mol. The van der Waals surface area contributed by atoms with Gasteiger partial charge in [0.1, 0.15) is 23.2 Å². The molecule has 1 aliphatic rings. The van der Waals surface area contributed by atoms with Gasteiger partial charge < -0.3 is 19.9 Å². The average molecular weight is 335 g/mol. The summed E-state index contributed by atoms with van der Waals surface area (Å²) >= 11 is 5.86. The van der Waals surface area contributed by atoms with Gasteiger partial charge in [0.25, 0.3) is 0 Å². The average Bonchev–Trinajstić information content (AvgIpc) is 2.60. The van der Waals surface area contributed by atoms with Gasteiger partial charge in [0.2, 0.25) is 5.88 Å². The highest BCUT2D eigenvalue weighted by Crippen LogP contribution is 2.40. The van der Waals surface area contributed by atoms with E-state index in [9.17, 15) is 10.1 Å². The topological polar surface area (TPSA) is 94.6 Å². The summed E-state index contributed by atoms with van der Waals surface area (Å²) in [6.07, 6.45) is 0. The summed E-state index contributed by atoms with van der Waals surface area (Å²) < 4.78 is 15.3. The van der Waals surface area contributed by atoms with Gasteiger partial charge in [-0.05, 0) is 17.7 Å². The van der Waals surface area contributed by atoms with Crippen LogP contribution in [0.2, 0.25) is 0 Å². The summed E-state index contributed by atoms with van der Waals surface area (Å²) in [7, 11) is 2.80. The van der Waals surface area contributed by atoms with Gasteiger partial charge in [-0.3, -0.25) is 0 Å². The number of esters is 1. The quantitative estimate of drug-likeness (QED) is 0.669. The summed E-state index contributed by atoms with van der Waals surface area (Å²) in [6, 6.07) is 8.94. The standard InChI is InChI=1S/C16H15ClN2O4/c1-21-10-5-3-9(4-6-10)13-11(8-18)15(19)23-12(7-17)14(13)16(20)22-2/h3-6,13H,7,19H2,1-2H3. The molecule has 1 aromatic carbocycles. The van der Waals surface area contributed by atoms with Crippen molar-refractivity contribution in [1.82, 2.24) is 0 Å². The Labute approximate surface area is 138 Å². The zero-order valence-electron chi connectivity index (χ0n) is 12.6. The van der Waals surface area contributed by atoms with E-state index >= 15 is 0 Å². The number of rotatable bonds is 4. The molecule has 0 saturated heterocycles. The van der Waals surface area contributed by atoms with Gasteiger partial charge in [-0.1, -0.05) is 12.1 Å². The van der Waals surface area contributed by atoms with Crippen molar-refractivity contribution in [3.8, 4) is 11.8 Å². The molecule has 0 spiro atoms. The molecule has 2 N–H and O–H groups in total. The van der Waals surface area contributed by atoms with E-state index in [0.717, 1.165) is 0 Å². The molecule has 2 rings (SSSR count). The first-order chi connectivity index (χ1) is 11.1. The number of allylic oxidation sites excluding steroid dienone is 2. The normalized spacial score (nSPS) is 17.4. The maximum Gasteiger partial charge on any atom is 0.338 e. The third-order valence-corrected chi connectivity index (χ3v) is 3.72. The smallest absolute Gasteiger partial charge is 0.338 e. The molecule has 1 heterocycles. The van der Waals surface area contributed by atoms with E-state index in [2.05, 4.69) is 0 Å². The number of halogens is 1. The summed E-state index contributed by atoms with van der Waals surface area (Å²) in [6.45, 7) is 0. The van der Waals surface area contributed by atoms with E-state index in [1.807, 2.05) is 6.07 Å². The minimum Gasteiger partial charge on any atom is -0.497 e. The Morgan fingerprint density at radius 3 is 2.52 bits per heavy atom. The minimum absolute atomic E-state index is 0.0726. The van der Waals surface area contributed by atoms with Crippen molar-refractivity contribution in [3.63, 3.8) is 0 Å². The van der Waals surface area contributed by atoms with Gasteiger partial charge in [0.05, 0.1) is 31.6 Å². The van der Waals surface area contributed by atoms with Crippen LogP contribution < -0.4 is 10.5 Å². The van der Waals surface area contributed by atoms with Crippen molar-refractivity contribution in [1.29, 1.82) is 5.26 Å². The van der Waals surface area contributed by atoms with E-state index in [-0.39, 0.29) is 28.7 Å². The molecule has 1 aliphatic heterocycles. The fourth-order valence-electron chi connectivity index (χ4n) is 2.38.